The van der Waals surface area contributed by atoms with E-state index >= 15 is 0 Å². The van der Waals surface area contributed by atoms with Gasteiger partial charge in [0.1, 0.15) is 5.21 Å². The van der Waals surface area contributed by atoms with Crippen molar-refractivity contribution in [3.8, 4) is 11.6 Å². The SMILES string of the molecule is Cc1ccc(-n2n[n+]3c(ccc4cccc(F)c43)c2O)cn1.[OH-]. The maximum atomic E-state index is 14.1. The zero-order valence-corrected chi connectivity index (χ0v) is 12.2. The summed E-state index contributed by atoms with van der Waals surface area (Å²) in [5.41, 5.74) is 2.23. The monoisotopic (exact) mass is 312 g/mol. The number of nitrogens with zero attached hydrogens (tertiary/aromatic N) is 4. The van der Waals surface area contributed by atoms with Gasteiger partial charge < -0.3 is 10.6 Å². The van der Waals surface area contributed by atoms with Gasteiger partial charge in [-0.1, -0.05) is 21.3 Å². The molecule has 0 amide bonds. The minimum atomic E-state index is -0.389. The normalized spacial score (nSPS) is 10.9. The number of halogens is 1. The van der Waals surface area contributed by atoms with Crippen LogP contribution in [0.5, 0.6) is 5.88 Å². The third kappa shape index (κ3) is 2.18. The number of aromatic nitrogens is 4. The summed E-state index contributed by atoms with van der Waals surface area (Å²) in [5, 5.41) is 15.4. The number of pyridine rings is 2. The Bertz CT molecular complexity index is 1010. The summed E-state index contributed by atoms with van der Waals surface area (Å²) in [6, 6.07) is 11.9. The summed E-state index contributed by atoms with van der Waals surface area (Å²) < 4.78 is 16.9. The van der Waals surface area contributed by atoms with Gasteiger partial charge in [0.15, 0.2) is 17.0 Å². The average molecular weight is 312 g/mol. The standard InChI is InChI=1S/C16H11FN4O.H2O/c1-10-5-7-12(9-18-10)20-16(22)14-8-6-11-3-2-4-13(17)15(11)21(14)19-20;/h2-9H,1H3;1H2. The summed E-state index contributed by atoms with van der Waals surface area (Å²) in [5.74, 6) is -0.449. The second-order valence-corrected chi connectivity index (χ2v) is 5.09. The molecule has 0 radical (unpaired) electrons. The van der Waals surface area contributed by atoms with Gasteiger partial charge in [0.2, 0.25) is 5.52 Å². The Labute approximate surface area is 130 Å². The number of benzene rings is 1. The van der Waals surface area contributed by atoms with Crippen LogP contribution in [0.2, 0.25) is 0 Å². The summed E-state index contributed by atoms with van der Waals surface area (Å²) in [4.78, 5) is 4.19. The first-order valence-corrected chi connectivity index (χ1v) is 6.79. The highest BCUT2D eigenvalue weighted by Gasteiger charge is 2.24. The highest BCUT2D eigenvalue weighted by Crippen LogP contribution is 2.22. The Balaban J connectivity index is 0.00000156. The van der Waals surface area contributed by atoms with Crippen LogP contribution in [-0.2, 0) is 0 Å². The van der Waals surface area contributed by atoms with Crippen molar-refractivity contribution in [3.63, 3.8) is 0 Å². The Kier molecular flexibility index (Phi) is 3.42. The minimum Gasteiger partial charge on any atom is -0.870 e. The number of fused-ring (bicyclic) bond motifs is 3. The number of hydrogen-bond donors (Lipinski definition) is 1. The van der Waals surface area contributed by atoms with Crippen LogP contribution < -0.4 is 4.52 Å². The lowest BCUT2D eigenvalue weighted by molar-refractivity contribution is -0.556. The van der Waals surface area contributed by atoms with Crippen molar-refractivity contribution in [2.24, 2.45) is 0 Å². The van der Waals surface area contributed by atoms with Crippen molar-refractivity contribution < 1.29 is 19.5 Å². The molecule has 0 aliphatic carbocycles. The van der Waals surface area contributed by atoms with E-state index in [9.17, 15) is 9.50 Å². The van der Waals surface area contributed by atoms with Crippen LogP contribution >= 0.6 is 0 Å². The lowest BCUT2D eigenvalue weighted by Crippen LogP contribution is -2.26. The van der Waals surface area contributed by atoms with Gasteiger partial charge in [-0.15, -0.1) is 0 Å². The lowest BCUT2D eigenvalue weighted by atomic mass is 10.2. The molecule has 3 heterocycles. The predicted octanol–water partition coefficient (Wildman–Crippen LogP) is 2.14. The number of aromatic hydroxyl groups is 1. The van der Waals surface area contributed by atoms with Crippen molar-refractivity contribution in [1.82, 2.24) is 14.9 Å². The first-order chi connectivity index (χ1) is 10.6. The van der Waals surface area contributed by atoms with Gasteiger partial charge >= 0.3 is 5.88 Å². The second kappa shape index (κ2) is 5.29. The first-order valence-electron chi connectivity index (χ1n) is 6.79. The third-order valence-electron chi connectivity index (χ3n) is 3.63. The van der Waals surface area contributed by atoms with E-state index in [2.05, 4.69) is 10.2 Å². The Hall–Kier alpha value is -3.06. The van der Waals surface area contributed by atoms with Gasteiger partial charge in [0, 0.05) is 11.1 Å². The lowest BCUT2D eigenvalue weighted by Gasteiger charge is -1.95. The van der Waals surface area contributed by atoms with Crippen molar-refractivity contribution in [2.45, 2.75) is 6.92 Å². The van der Waals surface area contributed by atoms with Crippen molar-refractivity contribution in [1.29, 1.82) is 0 Å². The summed E-state index contributed by atoms with van der Waals surface area (Å²) >= 11 is 0. The molecule has 0 bridgehead atoms. The molecule has 116 valence electrons. The van der Waals surface area contributed by atoms with Crippen LogP contribution in [0, 0.1) is 12.7 Å². The topological polar surface area (TPSA) is 85.0 Å². The van der Waals surface area contributed by atoms with Crippen LogP contribution in [0.3, 0.4) is 0 Å². The smallest absolute Gasteiger partial charge is 0.359 e. The van der Waals surface area contributed by atoms with Gasteiger partial charge in [-0.2, -0.15) is 0 Å². The fourth-order valence-corrected chi connectivity index (χ4v) is 2.51. The molecule has 2 N–H and O–H groups in total. The van der Waals surface area contributed by atoms with Crippen LogP contribution in [-0.4, -0.2) is 25.5 Å². The van der Waals surface area contributed by atoms with Crippen LogP contribution in [0.1, 0.15) is 5.69 Å². The van der Waals surface area contributed by atoms with E-state index in [1.165, 1.54) is 15.3 Å². The fraction of sp³-hybridized carbons (Fsp3) is 0.0625. The largest absolute Gasteiger partial charge is 0.870 e. The van der Waals surface area contributed by atoms with Crippen LogP contribution in [0.15, 0.2) is 48.7 Å². The van der Waals surface area contributed by atoms with E-state index in [1.807, 2.05) is 13.0 Å². The number of hydrogen-bond acceptors (Lipinski definition) is 4. The molecule has 3 aromatic heterocycles. The Morgan fingerprint density at radius 3 is 2.70 bits per heavy atom. The molecule has 0 aliphatic rings. The van der Waals surface area contributed by atoms with Gasteiger partial charge in [0.05, 0.1) is 6.20 Å². The zero-order chi connectivity index (χ0) is 15.3. The maximum absolute atomic E-state index is 14.1. The number of para-hydroxylation sites is 1. The molecule has 23 heavy (non-hydrogen) atoms. The summed E-state index contributed by atoms with van der Waals surface area (Å²) in [7, 11) is 0. The third-order valence-corrected chi connectivity index (χ3v) is 3.63. The molecule has 4 aromatic rings. The quantitative estimate of drug-likeness (QED) is 0.546. The molecule has 0 unspecified atom stereocenters. The van der Waals surface area contributed by atoms with Crippen LogP contribution in [0.4, 0.5) is 4.39 Å². The van der Waals surface area contributed by atoms with Gasteiger partial charge in [-0.25, -0.2) is 4.39 Å². The molecule has 0 atom stereocenters. The second-order valence-electron chi connectivity index (χ2n) is 5.09. The summed E-state index contributed by atoms with van der Waals surface area (Å²) in [6.45, 7) is 1.88. The molecule has 7 heteroatoms. The minimum absolute atomic E-state index is 0. The van der Waals surface area contributed by atoms with Gasteiger partial charge in [-0.3, -0.25) is 4.98 Å². The highest BCUT2D eigenvalue weighted by molar-refractivity contribution is 5.78. The Morgan fingerprint density at radius 2 is 1.96 bits per heavy atom. The van der Waals surface area contributed by atoms with Gasteiger partial charge in [0.25, 0.3) is 0 Å². The molecule has 0 spiro atoms. The molecular weight excluding hydrogens is 299 g/mol. The molecule has 6 nitrogen and oxygen atoms in total. The predicted molar refractivity (Wildman–Crippen MR) is 80.3 cm³/mol. The molecule has 4 rings (SSSR count). The first kappa shape index (κ1) is 14.9. The fourth-order valence-electron chi connectivity index (χ4n) is 2.51. The molecule has 0 aliphatic heterocycles. The van der Waals surface area contributed by atoms with Crippen molar-refractivity contribution in [3.05, 3.63) is 60.2 Å². The van der Waals surface area contributed by atoms with E-state index in [0.717, 1.165) is 5.69 Å². The van der Waals surface area contributed by atoms with E-state index in [4.69, 9.17) is 0 Å². The van der Waals surface area contributed by atoms with E-state index in [1.54, 1.807) is 36.5 Å². The molecular formula is C16H13FN4O2. The van der Waals surface area contributed by atoms with E-state index in [-0.39, 0.29) is 17.2 Å². The average Bonchev–Trinajstić information content (AvgIpc) is 2.85. The number of rotatable bonds is 1. The Morgan fingerprint density at radius 1 is 1.13 bits per heavy atom. The van der Waals surface area contributed by atoms with Gasteiger partial charge in [-0.05, 0) is 37.3 Å². The molecule has 0 fully saturated rings. The van der Waals surface area contributed by atoms with E-state index in [0.29, 0.717) is 22.1 Å². The van der Waals surface area contributed by atoms with Crippen molar-refractivity contribution in [2.75, 3.05) is 0 Å². The summed E-state index contributed by atoms with van der Waals surface area (Å²) in [6.07, 6.45) is 1.61. The molecule has 0 saturated heterocycles. The van der Waals surface area contributed by atoms with E-state index < -0.39 is 0 Å². The molecule has 0 saturated carbocycles. The highest BCUT2D eigenvalue weighted by atomic mass is 19.1. The van der Waals surface area contributed by atoms with Crippen LogP contribution in [0.25, 0.3) is 22.1 Å². The number of aryl methyl sites for hydroxylation is 1. The molecule has 1 aromatic carbocycles. The zero-order valence-electron chi connectivity index (χ0n) is 12.2. The van der Waals surface area contributed by atoms with Crippen molar-refractivity contribution >= 4 is 16.4 Å². The maximum Gasteiger partial charge on any atom is 0.359 e.